The summed E-state index contributed by atoms with van der Waals surface area (Å²) in [7, 11) is 0. The second-order valence-corrected chi connectivity index (χ2v) is 6.78. The molecule has 2 aromatic rings. The van der Waals surface area contributed by atoms with Crippen molar-refractivity contribution in [3.8, 4) is 5.88 Å². The summed E-state index contributed by atoms with van der Waals surface area (Å²) >= 11 is 1.96. The first-order valence-electron chi connectivity index (χ1n) is 8.05. The van der Waals surface area contributed by atoms with Crippen molar-refractivity contribution in [1.82, 2.24) is 9.88 Å². The number of hydrogen-bond donors (Lipinski definition) is 1. The molecule has 0 aliphatic carbocycles. The Balaban J connectivity index is 0.00000225. The normalized spacial score (nSPS) is 14.7. The van der Waals surface area contributed by atoms with Crippen molar-refractivity contribution < 1.29 is 4.74 Å². The van der Waals surface area contributed by atoms with E-state index >= 15 is 0 Å². The van der Waals surface area contributed by atoms with Gasteiger partial charge in [0.15, 0.2) is 5.96 Å². The van der Waals surface area contributed by atoms with E-state index in [4.69, 9.17) is 10.5 Å². The van der Waals surface area contributed by atoms with Gasteiger partial charge in [-0.2, -0.15) is 11.8 Å². The third kappa shape index (κ3) is 6.39. The monoisotopic (exact) mass is 470 g/mol. The molecule has 1 aliphatic heterocycles. The van der Waals surface area contributed by atoms with Crippen LogP contribution in [0.4, 0.5) is 0 Å². The van der Waals surface area contributed by atoms with Crippen LogP contribution in [-0.4, -0.2) is 40.4 Å². The van der Waals surface area contributed by atoms with Crippen LogP contribution in [0.15, 0.2) is 53.7 Å². The zero-order valence-corrected chi connectivity index (χ0v) is 17.2. The topological polar surface area (TPSA) is 63.7 Å². The molecule has 1 aromatic heterocycles. The Hall–Kier alpha value is -1.48. The smallest absolute Gasteiger partial charge is 0.213 e. The highest BCUT2D eigenvalue weighted by molar-refractivity contribution is 14.0. The van der Waals surface area contributed by atoms with Gasteiger partial charge in [0.05, 0.1) is 6.54 Å². The summed E-state index contributed by atoms with van der Waals surface area (Å²) in [6, 6.07) is 13.9. The molecule has 7 heteroatoms. The third-order valence-electron chi connectivity index (χ3n) is 3.79. The molecule has 1 aromatic carbocycles. The summed E-state index contributed by atoms with van der Waals surface area (Å²) < 4.78 is 5.75. The number of nitrogens with two attached hydrogens (primary N) is 1. The molecular formula is C18H23IN4OS. The van der Waals surface area contributed by atoms with E-state index < -0.39 is 0 Å². The predicted octanol–water partition coefficient (Wildman–Crippen LogP) is 3.14. The highest BCUT2D eigenvalue weighted by Crippen LogP contribution is 2.13. The second kappa shape index (κ2) is 10.5. The Bertz CT molecular complexity index is 678. The van der Waals surface area contributed by atoms with Gasteiger partial charge in [-0.15, -0.1) is 24.0 Å². The molecule has 1 fully saturated rings. The zero-order chi connectivity index (χ0) is 16.6. The SMILES string of the molecule is I.NC(=NCc1ccnc(OCc2ccccc2)c1)N1CCSCC1. The number of hydrogen-bond acceptors (Lipinski definition) is 4. The lowest BCUT2D eigenvalue weighted by Crippen LogP contribution is -2.42. The van der Waals surface area contributed by atoms with Crippen LogP contribution >= 0.6 is 35.7 Å². The van der Waals surface area contributed by atoms with Crippen molar-refractivity contribution in [1.29, 1.82) is 0 Å². The van der Waals surface area contributed by atoms with E-state index in [0.717, 1.165) is 35.7 Å². The molecule has 0 saturated carbocycles. The average Bonchev–Trinajstić information content (AvgIpc) is 2.66. The van der Waals surface area contributed by atoms with E-state index in [1.165, 1.54) is 0 Å². The lowest BCUT2D eigenvalue weighted by atomic mass is 10.2. The van der Waals surface area contributed by atoms with Gasteiger partial charge in [0.2, 0.25) is 5.88 Å². The fourth-order valence-corrected chi connectivity index (χ4v) is 3.33. The van der Waals surface area contributed by atoms with E-state index in [1.54, 1.807) is 6.20 Å². The predicted molar refractivity (Wildman–Crippen MR) is 115 cm³/mol. The summed E-state index contributed by atoms with van der Waals surface area (Å²) in [4.78, 5) is 10.9. The Morgan fingerprint density at radius 3 is 2.68 bits per heavy atom. The molecule has 0 radical (unpaired) electrons. The molecule has 0 amide bonds. The molecule has 25 heavy (non-hydrogen) atoms. The van der Waals surface area contributed by atoms with Gasteiger partial charge in [-0.3, -0.25) is 0 Å². The van der Waals surface area contributed by atoms with Crippen LogP contribution in [0.2, 0.25) is 0 Å². The summed E-state index contributed by atoms with van der Waals surface area (Å²) in [6.45, 7) is 3.00. The maximum Gasteiger partial charge on any atom is 0.213 e. The molecule has 0 bridgehead atoms. The molecule has 0 atom stereocenters. The molecule has 2 N–H and O–H groups in total. The number of halogens is 1. The molecule has 2 heterocycles. The summed E-state index contributed by atoms with van der Waals surface area (Å²) in [5.41, 5.74) is 8.25. The molecule has 134 valence electrons. The van der Waals surface area contributed by atoms with Gasteiger partial charge in [-0.05, 0) is 17.2 Å². The molecular weight excluding hydrogens is 447 g/mol. The maximum absolute atomic E-state index is 6.09. The zero-order valence-electron chi connectivity index (χ0n) is 14.0. The van der Waals surface area contributed by atoms with Crippen LogP contribution in [0, 0.1) is 0 Å². The molecule has 1 aliphatic rings. The van der Waals surface area contributed by atoms with Crippen molar-refractivity contribution in [2.24, 2.45) is 10.7 Å². The first kappa shape index (κ1) is 19.8. The number of aromatic nitrogens is 1. The van der Waals surface area contributed by atoms with Gasteiger partial charge >= 0.3 is 0 Å². The fraction of sp³-hybridized carbons (Fsp3) is 0.333. The molecule has 0 spiro atoms. The molecule has 5 nitrogen and oxygen atoms in total. The van der Waals surface area contributed by atoms with Gasteiger partial charge in [0.25, 0.3) is 0 Å². The maximum atomic E-state index is 6.09. The van der Waals surface area contributed by atoms with Crippen molar-refractivity contribution in [2.45, 2.75) is 13.2 Å². The fourth-order valence-electron chi connectivity index (χ4n) is 2.42. The number of guanidine groups is 1. The van der Waals surface area contributed by atoms with Crippen LogP contribution in [0.5, 0.6) is 5.88 Å². The lowest BCUT2D eigenvalue weighted by Gasteiger charge is -2.27. The largest absolute Gasteiger partial charge is 0.473 e. The summed E-state index contributed by atoms with van der Waals surface area (Å²) in [5, 5.41) is 0. The van der Waals surface area contributed by atoms with Gasteiger partial charge in [0.1, 0.15) is 6.61 Å². The Morgan fingerprint density at radius 2 is 1.92 bits per heavy atom. The van der Waals surface area contributed by atoms with Crippen molar-refractivity contribution in [3.05, 3.63) is 59.8 Å². The van der Waals surface area contributed by atoms with E-state index in [0.29, 0.717) is 25.0 Å². The number of rotatable bonds is 5. The van der Waals surface area contributed by atoms with Crippen LogP contribution in [-0.2, 0) is 13.2 Å². The lowest BCUT2D eigenvalue weighted by molar-refractivity contribution is 0.293. The second-order valence-electron chi connectivity index (χ2n) is 5.55. The minimum absolute atomic E-state index is 0. The van der Waals surface area contributed by atoms with Crippen LogP contribution < -0.4 is 10.5 Å². The number of thioether (sulfide) groups is 1. The van der Waals surface area contributed by atoms with Crippen molar-refractivity contribution >= 4 is 41.7 Å². The van der Waals surface area contributed by atoms with Gasteiger partial charge in [0, 0.05) is 36.9 Å². The van der Waals surface area contributed by atoms with E-state index in [9.17, 15) is 0 Å². The minimum atomic E-state index is 0. The van der Waals surface area contributed by atoms with E-state index in [-0.39, 0.29) is 24.0 Å². The van der Waals surface area contributed by atoms with E-state index in [1.807, 2.05) is 54.2 Å². The van der Waals surface area contributed by atoms with Crippen molar-refractivity contribution in [3.63, 3.8) is 0 Å². The van der Waals surface area contributed by atoms with Crippen molar-refractivity contribution in [2.75, 3.05) is 24.6 Å². The number of aliphatic imine (C=N–C) groups is 1. The Morgan fingerprint density at radius 1 is 1.16 bits per heavy atom. The highest BCUT2D eigenvalue weighted by atomic mass is 127. The number of ether oxygens (including phenoxy) is 1. The summed E-state index contributed by atoms with van der Waals surface area (Å²) in [5.74, 6) is 3.46. The number of pyridine rings is 1. The Kier molecular flexibility index (Phi) is 8.33. The quantitative estimate of drug-likeness (QED) is 0.414. The standard InChI is InChI=1S/C18H22N4OS.HI/c19-18(22-8-10-24-11-9-22)21-13-16-6-7-20-17(12-16)23-14-15-4-2-1-3-5-15;/h1-7,12H,8-11,13-14H2,(H2,19,21);1H. The number of benzene rings is 1. The third-order valence-corrected chi connectivity index (χ3v) is 4.73. The van der Waals surface area contributed by atoms with Gasteiger partial charge in [-0.1, -0.05) is 30.3 Å². The first-order chi connectivity index (χ1) is 11.8. The van der Waals surface area contributed by atoms with Crippen LogP contribution in [0.3, 0.4) is 0 Å². The van der Waals surface area contributed by atoms with Crippen LogP contribution in [0.25, 0.3) is 0 Å². The summed E-state index contributed by atoms with van der Waals surface area (Å²) in [6.07, 6.45) is 1.75. The average molecular weight is 470 g/mol. The van der Waals surface area contributed by atoms with E-state index in [2.05, 4.69) is 14.9 Å². The minimum Gasteiger partial charge on any atom is -0.473 e. The molecule has 0 unspecified atom stereocenters. The molecule has 3 rings (SSSR count). The van der Waals surface area contributed by atoms with Gasteiger partial charge in [-0.25, -0.2) is 9.98 Å². The Labute approximate surface area is 170 Å². The van der Waals surface area contributed by atoms with Crippen LogP contribution in [0.1, 0.15) is 11.1 Å². The van der Waals surface area contributed by atoms with Gasteiger partial charge < -0.3 is 15.4 Å². The number of nitrogens with zero attached hydrogens (tertiary/aromatic N) is 3. The highest BCUT2D eigenvalue weighted by Gasteiger charge is 2.11. The first-order valence-corrected chi connectivity index (χ1v) is 9.21. The molecule has 1 saturated heterocycles.